The normalized spacial score (nSPS) is 11.7. The predicted molar refractivity (Wildman–Crippen MR) is 82.3 cm³/mol. The molecule has 0 fully saturated rings. The van der Waals surface area contributed by atoms with E-state index in [1.165, 1.54) is 30.5 Å². The second-order valence-electron chi connectivity index (χ2n) is 4.09. The van der Waals surface area contributed by atoms with Crippen molar-refractivity contribution in [3.05, 3.63) is 64.1 Å². The molecule has 0 bridgehead atoms. The fraction of sp³-hybridized carbons (Fsp3) is 0. The van der Waals surface area contributed by atoms with Gasteiger partial charge in [0.25, 0.3) is 10.0 Å². The van der Waals surface area contributed by atoms with Crippen LogP contribution in [0.5, 0.6) is 0 Å². The Morgan fingerprint density at radius 2 is 1.62 bits per heavy atom. The average molecular weight is 368 g/mol. The first-order valence-electron chi connectivity index (χ1n) is 5.78. The van der Waals surface area contributed by atoms with E-state index in [9.17, 15) is 13.2 Å². The third-order valence-electron chi connectivity index (χ3n) is 2.61. The molecule has 1 N–H and O–H groups in total. The van der Waals surface area contributed by atoms with Crippen LogP contribution in [0.15, 0.2) is 62.3 Å². The summed E-state index contributed by atoms with van der Waals surface area (Å²) in [6, 6.07) is 11.9. The lowest BCUT2D eigenvalue weighted by atomic mass is 10.2. The molecule has 2 aromatic carbocycles. The van der Waals surface area contributed by atoms with Crippen LogP contribution in [-0.4, -0.2) is 25.7 Å². The fourth-order valence-electron chi connectivity index (χ4n) is 1.51. The van der Waals surface area contributed by atoms with Gasteiger partial charge in [-0.25, -0.2) is 4.79 Å². The van der Waals surface area contributed by atoms with Crippen molar-refractivity contribution in [2.45, 2.75) is 4.90 Å². The molecule has 0 amide bonds. The Hall–Kier alpha value is -1.99. The number of nitrogens with zero attached hydrogens (tertiary/aromatic N) is 1. The predicted octanol–water partition coefficient (Wildman–Crippen LogP) is 2.96. The second kappa shape index (κ2) is 6.19. The van der Waals surface area contributed by atoms with Crippen LogP contribution in [0.3, 0.4) is 0 Å². The molecule has 0 atom stereocenters. The molecular formula is C14H10BrNO4S. The molecule has 2 aromatic rings. The van der Waals surface area contributed by atoms with Crippen molar-refractivity contribution < 1.29 is 18.3 Å². The minimum Gasteiger partial charge on any atom is -0.478 e. The van der Waals surface area contributed by atoms with Crippen molar-refractivity contribution in [3.63, 3.8) is 0 Å². The highest BCUT2D eigenvalue weighted by Crippen LogP contribution is 2.14. The summed E-state index contributed by atoms with van der Waals surface area (Å²) in [5.41, 5.74) is 0.662. The van der Waals surface area contributed by atoms with E-state index in [1.807, 2.05) is 0 Å². The Morgan fingerprint density at radius 1 is 1.05 bits per heavy atom. The molecule has 0 saturated heterocycles. The molecule has 0 radical (unpaired) electrons. The molecule has 0 aromatic heterocycles. The lowest BCUT2D eigenvalue weighted by Gasteiger charge is -2.00. The van der Waals surface area contributed by atoms with Gasteiger partial charge in [0, 0.05) is 10.7 Å². The zero-order valence-corrected chi connectivity index (χ0v) is 13.0. The van der Waals surface area contributed by atoms with Crippen LogP contribution >= 0.6 is 15.9 Å². The number of hydrogen-bond donors (Lipinski definition) is 1. The number of sulfonamides is 1. The Bertz CT molecular complexity index is 781. The van der Waals surface area contributed by atoms with E-state index in [0.717, 1.165) is 4.47 Å². The molecule has 0 unspecified atom stereocenters. The van der Waals surface area contributed by atoms with Crippen LogP contribution in [0, 0.1) is 0 Å². The molecule has 5 nitrogen and oxygen atoms in total. The van der Waals surface area contributed by atoms with E-state index >= 15 is 0 Å². The quantitative estimate of drug-likeness (QED) is 0.841. The van der Waals surface area contributed by atoms with Crippen molar-refractivity contribution in [2.24, 2.45) is 4.40 Å². The summed E-state index contributed by atoms with van der Waals surface area (Å²) < 4.78 is 28.5. The van der Waals surface area contributed by atoms with Gasteiger partial charge in [-0.3, -0.25) is 0 Å². The average Bonchev–Trinajstić information content (AvgIpc) is 2.47. The van der Waals surface area contributed by atoms with Crippen molar-refractivity contribution in [1.82, 2.24) is 0 Å². The first-order chi connectivity index (χ1) is 9.88. The summed E-state index contributed by atoms with van der Waals surface area (Å²) in [6.07, 6.45) is 1.24. The molecule has 0 aliphatic heterocycles. The largest absolute Gasteiger partial charge is 0.478 e. The lowest BCUT2D eigenvalue weighted by Crippen LogP contribution is -2.00. The molecule has 7 heteroatoms. The lowest BCUT2D eigenvalue weighted by molar-refractivity contribution is 0.0696. The number of carboxylic acid groups (broad SMARTS) is 1. The number of hydrogen-bond acceptors (Lipinski definition) is 3. The first kappa shape index (κ1) is 15.4. The second-order valence-corrected chi connectivity index (χ2v) is 6.64. The van der Waals surface area contributed by atoms with E-state index < -0.39 is 16.0 Å². The van der Waals surface area contributed by atoms with Crippen LogP contribution in [0.4, 0.5) is 0 Å². The van der Waals surface area contributed by atoms with Gasteiger partial charge >= 0.3 is 5.97 Å². The Balaban J connectivity index is 2.25. The number of carboxylic acids is 1. The molecule has 0 aliphatic carbocycles. The maximum atomic E-state index is 12.0. The number of benzene rings is 2. The Labute approximate surface area is 130 Å². The molecule has 0 heterocycles. The Kier molecular flexibility index (Phi) is 4.54. The Morgan fingerprint density at radius 3 is 2.14 bits per heavy atom. The smallest absolute Gasteiger partial charge is 0.335 e. The van der Waals surface area contributed by atoms with Crippen LogP contribution in [0.1, 0.15) is 15.9 Å². The number of rotatable bonds is 4. The van der Waals surface area contributed by atoms with E-state index in [4.69, 9.17) is 5.11 Å². The molecule has 0 spiro atoms. The zero-order chi connectivity index (χ0) is 15.5. The van der Waals surface area contributed by atoms with Crippen LogP contribution in [0.25, 0.3) is 0 Å². The SMILES string of the molecule is O=C(O)c1ccc(S(=O)(=O)N=Cc2ccc(Br)cc2)cc1. The van der Waals surface area contributed by atoms with Crippen LogP contribution in [0.2, 0.25) is 0 Å². The summed E-state index contributed by atoms with van der Waals surface area (Å²) in [5, 5.41) is 8.77. The van der Waals surface area contributed by atoms with Gasteiger partial charge in [0.05, 0.1) is 10.5 Å². The third kappa shape index (κ3) is 3.99. The summed E-state index contributed by atoms with van der Waals surface area (Å²) in [7, 11) is -3.85. The van der Waals surface area contributed by atoms with Crippen molar-refractivity contribution >= 4 is 38.1 Å². The van der Waals surface area contributed by atoms with Gasteiger partial charge in [-0.1, -0.05) is 28.1 Å². The number of halogens is 1. The van der Waals surface area contributed by atoms with Gasteiger partial charge in [0.1, 0.15) is 0 Å². The minimum absolute atomic E-state index is 0.0193. The van der Waals surface area contributed by atoms with Crippen LogP contribution in [-0.2, 0) is 10.0 Å². The van der Waals surface area contributed by atoms with Gasteiger partial charge in [-0.15, -0.1) is 0 Å². The summed E-state index contributed by atoms with van der Waals surface area (Å²) in [5.74, 6) is -1.11. The number of aromatic carboxylic acids is 1. The maximum absolute atomic E-state index is 12.0. The highest BCUT2D eigenvalue weighted by atomic mass is 79.9. The summed E-state index contributed by atoms with van der Waals surface area (Å²) in [6.45, 7) is 0. The zero-order valence-electron chi connectivity index (χ0n) is 10.6. The van der Waals surface area contributed by atoms with E-state index in [1.54, 1.807) is 24.3 Å². The van der Waals surface area contributed by atoms with Crippen molar-refractivity contribution in [2.75, 3.05) is 0 Å². The molecule has 21 heavy (non-hydrogen) atoms. The van der Waals surface area contributed by atoms with Crippen LogP contribution < -0.4 is 0 Å². The fourth-order valence-corrected chi connectivity index (χ4v) is 2.64. The van der Waals surface area contributed by atoms with Crippen molar-refractivity contribution in [3.8, 4) is 0 Å². The van der Waals surface area contributed by atoms with E-state index in [2.05, 4.69) is 20.3 Å². The highest BCUT2D eigenvalue weighted by Gasteiger charge is 2.12. The molecule has 108 valence electrons. The van der Waals surface area contributed by atoms with E-state index in [0.29, 0.717) is 5.56 Å². The summed E-state index contributed by atoms with van der Waals surface area (Å²) >= 11 is 3.28. The van der Waals surface area contributed by atoms with Gasteiger partial charge in [-0.05, 0) is 42.0 Å². The minimum atomic E-state index is -3.85. The monoisotopic (exact) mass is 367 g/mol. The summed E-state index contributed by atoms with van der Waals surface area (Å²) in [4.78, 5) is 10.7. The molecular weight excluding hydrogens is 358 g/mol. The molecule has 2 rings (SSSR count). The highest BCUT2D eigenvalue weighted by molar-refractivity contribution is 9.10. The van der Waals surface area contributed by atoms with Gasteiger partial charge < -0.3 is 5.11 Å². The van der Waals surface area contributed by atoms with E-state index in [-0.39, 0.29) is 10.5 Å². The third-order valence-corrected chi connectivity index (χ3v) is 4.39. The van der Waals surface area contributed by atoms with Crippen molar-refractivity contribution in [1.29, 1.82) is 0 Å². The molecule has 0 saturated carbocycles. The van der Waals surface area contributed by atoms with Gasteiger partial charge in [-0.2, -0.15) is 12.8 Å². The van der Waals surface area contributed by atoms with Gasteiger partial charge in [0.2, 0.25) is 0 Å². The number of carbonyl (C=O) groups is 1. The topological polar surface area (TPSA) is 83.8 Å². The molecule has 0 aliphatic rings. The maximum Gasteiger partial charge on any atom is 0.335 e. The first-order valence-corrected chi connectivity index (χ1v) is 8.01. The standard InChI is InChI=1S/C14H10BrNO4S/c15-12-5-1-10(2-6-12)9-16-21(19,20)13-7-3-11(4-8-13)14(17)18/h1-9H,(H,17,18). The van der Waals surface area contributed by atoms with Gasteiger partial charge in [0.15, 0.2) is 0 Å².